The third-order valence-corrected chi connectivity index (χ3v) is 5.51. The monoisotopic (exact) mass is 450 g/mol. The SMILES string of the molecule is C=CC(=O)N1CCCC(Oc2cccc(Nc3cc(NC(=O)C4CC4)nnc3C(N)=O)c2)C1. The predicted molar refractivity (Wildman–Crippen MR) is 122 cm³/mol. The fourth-order valence-electron chi connectivity index (χ4n) is 3.66. The van der Waals surface area contributed by atoms with E-state index in [2.05, 4.69) is 27.4 Å². The highest BCUT2D eigenvalue weighted by atomic mass is 16.5. The fraction of sp³-hybridized carbons (Fsp3) is 0.348. The van der Waals surface area contributed by atoms with Gasteiger partial charge >= 0.3 is 0 Å². The van der Waals surface area contributed by atoms with E-state index in [1.807, 2.05) is 12.1 Å². The van der Waals surface area contributed by atoms with Crippen LogP contribution in [0.1, 0.15) is 36.2 Å². The van der Waals surface area contributed by atoms with Crippen molar-refractivity contribution in [3.05, 3.63) is 48.7 Å². The Bertz CT molecular complexity index is 1080. The number of nitrogens with two attached hydrogens (primary N) is 1. The van der Waals surface area contributed by atoms with Crippen LogP contribution in [-0.4, -0.2) is 52.0 Å². The average Bonchev–Trinajstić information content (AvgIpc) is 3.65. The molecule has 2 heterocycles. The minimum Gasteiger partial charge on any atom is -0.489 e. The molecule has 2 aromatic rings. The lowest BCUT2D eigenvalue weighted by atomic mass is 10.1. The molecule has 4 N–H and O–H groups in total. The van der Waals surface area contributed by atoms with Gasteiger partial charge in [-0.3, -0.25) is 14.4 Å². The topological polar surface area (TPSA) is 140 Å². The maximum atomic E-state index is 12.0. The largest absolute Gasteiger partial charge is 0.489 e. The van der Waals surface area contributed by atoms with E-state index in [1.165, 1.54) is 12.1 Å². The molecule has 2 fully saturated rings. The quantitative estimate of drug-likeness (QED) is 0.524. The summed E-state index contributed by atoms with van der Waals surface area (Å²) in [4.78, 5) is 37.5. The Hall–Kier alpha value is -3.95. The first-order valence-electron chi connectivity index (χ1n) is 10.9. The first kappa shape index (κ1) is 22.3. The second kappa shape index (κ2) is 9.68. The van der Waals surface area contributed by atoms with E-state index in [9.17, 15) is 14.4 Å². The Balaban J connectivity index is 1.48. The molecular weight excluding hydrogens is 424 g/mol. The van der Waals surface area contributed by atoms with E-state index < -0.39 is 5.91 Å². The van der Waals surface area contributed by atoms with Crippen molar-refractivity contribution >= 4 is 34.9 Å². The van der Waals surface area contributed by atoms with Crippen molar-refractivity contribution in [2.75, 3.05) is 23.7 Å². The number of hydrogen-bond acceptors (Lipinski definition) is 7. The highest BCUT2D eigenvalue weighted by Crippen LogP contribution is 2.31. The molecule has 0 bridgehead atoms. The van der Waals surface area contributed by atoms with Crippen molar-refractivity contribution in [1.29, 1.82) is 0 Å². The second-order valence-electron chi connectivity index (χ2n) is 8.14. The summed E-state index contributed by atoms with van der Waals surface area (Å²) in [7, 11) is 0. The molecule has 1 unspecified atom stereocenters. The van der Waals surface area contributed by atoms with Crippen LogP contribution in [-0.2, 0) is 9.59 Å². The van der Waals surface area contributed by atoms with Crippen LogP contribution in [0.4, 0.5) is 17.2 Å². The van der Waals surface area contributed by atoms with Gasteiger partial charge in [0.05, 0.1) is 12.2 Å². The number of primary amides is 1. The minimum atomic E-state index is -0.744. The van der Waals surface area contributed by atoms with Crippen molar-refractivity contribution < 1.29 is 19.1 Å². The molecule has 1 aliphatic carbocycles. The van der Waals surface area contributed by atoms with Crippen LogP contribution in [0.5, 0.6) is 5.75 Å². The van der Waals surface area contributed by atoms with Gasteiger partial charge in [0.1, 0.15) is 11.9 Å². The van der Waals surface area contributed by atoms with E-state index in [4.69, 9.17) is 10.5 Å². The lowest BCUT2D eigenvalue weighted by molar-refractivity contribution is -0.128. The molecule has 3 amide bonds. The molecule has 2 aliphatic rings. The summed E-state index contributed by atoms with van der Waals surface area (Å²) >= 11 is 0. The number of anilines is 3. The molecular formula is C23H26N6O4. The van der Waals surface area contributed by atoms with E-state index in [0.29, 0.717) is 30.2 Å². The first-order chi connectivity index (χ1) is 15.9. The summed E-state index contributed by atoms with van der Waals surface area (Å²) in [5.74, 6) is -0.109. The second-order valence-corrected chi connectivity index (χ2v) is 8.14. The van der Waals surface area contributed by atoms with Crippen molar-refractivity contribution in [3.8, 4) is 5.75 Å². The van der Waals surface area contributed by atoms with Crippen molar-refractivity contribution in [2.24, 2.45) is 11.7 Å². The molecule has 1 aliphatic heterocycles. The van der Waals surface area contributed by atoms with Gasteiger partial charge in [-0.2, -0.15) is 0 Å². The zero-order chi connectivity index (χ0) is 23.4. The van der Waals surface area contributed by atoms with Crippen LogP contribution < -0.4 is 21.1 Å². The number of piperidine rings is 1. The molecule has 4 rings (SSSR count). The number of rotatable bonds is 8. The summed E-state index contributed by atoms with van der Waals surface area (Å²) in [6, 6.07) is 8.74. The number of carbonyl (C=O) groups excluding carboxylic acids is 3. The van der Waals surface area contributed by atoms with Gasteiger partial charge < -0.3 is 26.0 Å². The molecule has 0 radical (unpaired) electrons. The predicted octanol–water partition coefficient (Wildman–Crippen LogP) is 2.22. The summed E-state index contributed by atoms with van der Waals surface area (Å²) in [6.07, 6.45) is 4.58. The van der Waals surface area contributed by atoms with Crippen LogP contribution in [0.2, 0.25) is 0 Å². The van der Waals surface area contributed by atoms with Gasteiger partial charge in [0.2, 0.25) is 11.8 Å². The van der Waals surface area contributed by atoms with Crippen molar-refractivity contribution in [3.63, 3.8) is 0 Å². The maximum absolute atomic E-state index is 12.0. The minimum absolute atomic E-state index is 0.00495. The standard InChI is InChI=1S/C23H26N6O4/c1-2-20(30)29-10-4-7-17(13-29)33-16-6-3-5-15(11-16)25-18-12-19(26-23(32)14-8-9-14)27-28-21(18)22(24)31/h2-3,5-6,11-12,14,17H,1,4,7-10,13H2,(H2,24,31)(H2,25,26,27,32). The summed E-state index contributed by atoms with van der Waals surface area (Å²) < 4.78 is 6.10. The summed E-state index contributed by atoms with van der Waals surface area (Å²) in [5.41, 5.74) is 6.36. The normalized spacial score (nSPS) is 17.7. The lowest BCUT2D eigenvalue weighted by Gasteiger charge is -2.32. The number of benzene rings is 1. The van der Waals surface area contributed by atoms with E-state index >= 15 is 0 Å². The maximum Gasteiger partial charge on any atom is 0.271 e. The fourth-order valence-corrected chi connectivity index (χ4v) is 3.66. The smallest absolute Gasteiger partial charge is 0.271 e. The first-order valence-corrected chi connectivity index (χ1v) is 10.9. The molecule has 1 saturated heterocycles. The number of hydrogen-bond donors (Lipinski definition) is 3. The molecule has 0 spiro atoms. The molecule has 1 atom stereocenters. The number of aromatic nitrogens is 2. The molecule has 10 nitrogen and oxygen atoms in total. The number of amides is 3. The van der Waals surface area contributed by atoms with Gasteiger partial charge in [0.25, 0.3) is 5.91 Å². The number of nitrogens with zero attached hydrogens (tertiary/aromatic N) is 3. The Labute approximate surface area is 191 Å². The molecule has 10 heteroatoms. The number of nitrogens with one attached hydrogen (secondary N) is 2. The highest BCUT2D eigenvalue weighted by molar-refractivity contribution is 5.98. The summed E-state index contributed by atoms with van der Waals surface area (Å²) in [5, 5.41) is 13.6. The zero-order valence-electron chi connectivity index (χ0n) is 18.1. The average molecular weight is 450 g/mol. The van der Waals surface area contributed by atoms with Crippen LogP contribution in [0, 0.1) is 5.92 Å². The Morgan fingerprint density at radius 2 is 2.00 bits per heavy atom. The number of ether oxygens (including phenoxy) is 1. The number of likely N-dealkylation sites (tertiary alicyclic amines) is 1. The van der Waals surface area contributed by atoms with Crippen LogP contribution in [0.15, 0.2) is 43.0 Å². The lowest BCUT2D eigenvalue weighted by Crippen LogP contribution is -2.43. The third-order valence-electron chi connectivity index (χ3n) is 5.51. The zero-order valence-corrected chi connectivity index (χ0v) is 18.1. The van der Waals surface area contributed by atoms with Gasteiger partial charge in [-0.25, -0.2) is 0 Å². The van der Waals surface area contributed by atoms with E-state index in [0.717, 1.165) is 25.7 Å². The Kier molecular flexibility index (Phi) is 6.53. The van der Waals surface area contributed by atoms with E-state index in [1.54, 1.807) is 17.0 Å². The van der Waals surface area contributed by atoms with Gasteiger partial charge in [-0.15, -0.1) is 10.2 Å². The van der Waals surface area contributed by atoms with Crippen LogP contribution in [0.3, 0.4) is 0 Å². The van der Waals surface area contributed by atoms with E-state index in [-0.39, 0.29) is 35.3 Å². The van der Waals surface area contributed by atoms with Gasteiger partial charge in [-0.1, -0.05) is 12.6 Å². The molecule has 1 aromatic heterocycles. The summed E-state index contributed by atoms with van der Waals surface area (Å²) in [6.45, 7) is 4.73. The van der Waals surface area contributed by atoms with Crippen molar-refractivity contribution in [1.82, 2.24) is 15.1 Å². The van der Waals surface area contributed by atoms with Crippen LogP contribution in [0.25, 0.3) is 0 Å². The van der Waals surface area contributed by atoms with Gasteiger partial charge in [0, 0.05) is 30.3 Å². The molecule has 1 saturated carbocycles. The number of carbonyl (C=O) groups is 3. The highest BCUT2D eigenvalue weighted by Gasteiger charge is 2.30. The molecule has 1 aromatic carbocycles. The third kappa shape index (κ3) is 5.65. The Morgan fingerprint density at radius 1 is 1.18 bits per heavy atom. The van der Waals surface area contributed by atoms with Crippen LogP contribution >= 0.6 is 0 Å². The van der Waals surface area contributed by atoms with Gasteiger partial charge in [-0.05, 0) is 43.9 Å². The molecule has 33 heavy (non-hydrogen) atoms. The molecule has 172 valence electrons. The van der Waals surface area contributed by atoms with Crippen molar-refractivity contribution in [2.45, 2.75) is 31.8 Å². The van der Waals surface area contributed by atoms with Gasteiger partial charge in [0.15, 0.2) is 11.5 Å². The Morgan fingerprint density at radius 3 is 2.73 bits per heavy atom.